The Balaban J connectivity index is 1.77. The molecule has 10 heteroatoms. The quantitative estimate of drug-likeness (QED) is 0.196. The molecule has 1 fully saturated rings. The molecule has 174 valence electrons. The normalized spacial score (nSPS) is 19.5. The molecule has 2 heterocycles. The van der Waals surface area contributed by atoms with Crippen LogP contribution in [-0.4, -0.2) is 54.6 Å². The van der Waals surface area contributed by atoms with Crippen molar-refractivity contribution in [3.8, 4) is 5.75 Å². The number of nitrogens with zero attached hydrogens (tertiary/aromatic N) is 2. The van der Waals surface area contributed by atoms with E-state index in [4.69, 9.17) is 10.5 Å². The zero-order valence-corrected chi connectivity index (χ0v) is 18.5. The first kappa shape index (κ1) is 22.5. The first-order valence-corrected chi connectivity index (χ1v) is 10.8. The molecule has 1 aliphatic heterocycles. The van der Waals surface area contributed by atoms with Gasteiger partial charge >= 0.3 is 5.97 Å². The summed E-state index contributed by atoms with van der Waals surface area (Å²) in [5.74, 6) is -2.16. The highest BCUT2D eigenvalue weighted by molar-refractivity contribution is 6.29. The number of aliphatic carboxylic acids is 1. The Labute approximate surface area is 190 Å². The van der Waals surface area contributed by atoms with Crippen molar-refractivity contribution in [3.05, 3.63) is 47.5 Å². The summed E-state index contributed by atoms with van der Waals surface area (Å²) in [6.45, 7) is 3.12. The summed E-state index contributed by atoms with van der Waals surface area (Å²) >= 11 is 0. The van der Waals surface area contributed by atoms with E-state index in [1.807, 2.05) is 25.1 Å². The van der Waals surface area contributed by atoms with Gasteiger partial charge in [-0.05, 0) is 19.1 Å². The predicted octanol–water partition coefficient (Wildman–Crippen LogP) is 2.99. The molecule has 2 aliphatic rings. The van der Waals surface area contributed by atoms with Gasteiger partial charge in [0.25, 0.3) is 0 Å². The second kappa shape index (κ2) is 8.70. The second-order valence-electron chi connectivity index (χ2n) is 8.08. The number of hydrogen-bond donors (Lipinski definition) is 4. The number of fused-ring (bicyclic) bond motifs is 1. The van der Waals surface area contributed by atoms with Crippen LogP contribution in [0.15, 0.2) is 36.2 Å². The smallest absolute Gasteiger partial charge is 0.345 e. The lowest BCUT2D eigenvalue weighted by Crippen LogP contribution is -2.50. The lowest BCUT2D eigenvalue weighted by atomic mass is 9.92. The molecule has 1 aromatic carbocycles. The van der Waals surface area contributed by atoms with Crippen molar-refractivity contribution in [2.75, 3.05) is 43.1 Å². The number of pyridine rings is 1. The van der Waals surface area contributed by atoms with Crippen molar-refractivity contribution in [1.29, 1.82) is 0 Å². The zero-order chi connectivity index (χ0) is 23.8. The van der Waals surface area contributed by atoms with E-state index in [0.717, 1.165) is 12.8 Å². The van der Waals surface area contributed by atoms with Crippen molar-refractivity contribution in [2.45, 2.75) is 25.8 Å². The average Bonchev–Trinajstić information content (AvgIpc) is 3.66. The first-order chi connectivity index (χ1) is 15.9. The van der Waals surface area contributed by atoms with Crippen LogP contribution in [0, 0.1) is 5.82 Å². The number of nitrogens with two attached hydrogens (primary N) is 1. The van der Waals surface area contributed by atoms with Crippen molar-refractivity contribution in [2.24, 2.45) is 0 Å². The number of aromatic nitrogens is 1. The molecule has 2 aromatic rings. The van der Waals surface area contributed by atoms with E-state index >= 15 is 4.39 Å². The number of Topliss-reactive ketones (excluding diaryl/α,β-unsaturated/α-hetero) is 1. The number of carboxylic acid groups (broad SMARTS) is 1. The molecular weight excluding hydrogens is 429 g/mol. The number of carbonyl (C=O) groups excluding carboxylic acids is 1. The van der Waals surface area contributed by atoms with E-state index in [-0.39, 0.29) is 33.2 Å². The Morgan fingerprint density at radius 3 is 2.64 bits per heavy atom. The van der Waals surface area contributed by atoms with Gasteiger partial charge in [0.2, 0.25) is 11.5 Å². The third-order valence-corrected chi connectivity index (χ3v) is 6.21. The highest BCUT2D eigenvalue weighted by Crippen LogP contribution is 2.54. The minimum absolute atomic E-state index is 0.0492. The number of carbonyl (C=O) groups is 2. The van der Waals surface area contributed by atoms with Gasteiger partial charge in [-0.15, -0.1) is 0 Å². The molecule has 1 aliphatic carbocycles. The number of hydrogen-bond acceptors (Lipinski definition) is 7. The SMILES string of the molecule is CC[N+]1(C2CC2)C=C(C(=O)O)C(=O)c2c(N)c(F)c(NCCNc3ccccn3)c(OC)c21. The molecule has 0 amide bonds. The number of anilines is 3. The first-order valence-electron chi connectivity index (χ1n) is 10.8. The van der Waals surface area contributed by atoms with Crippen molar-refractivity contribution >= 4 is 34.6 Å². The number of ketones is 1. The van der Waals surface area contributed by atoms with Gasteiger partial charge < -0.3 is 26.2 Å². The van der Waals surface area contributed by atoms with Crippen LogP contribution >= 0.6 is 0 Å². The number of ether oxygens (including phenoxy) is 1. The maximum absolute atomic E-state index is 15.4. The molecule has 5 N–H and O–H groups in total. The third kappa shape index (κ3) is 3.76. The summed E-state index contributed by atoms with van der Waals surface area (Å²) < 4.78 is 21.2. The van der Waals surface area contributed by atoms with Crippen molar-refractivity contribution in [1.82, 2.24) is 9.47 Å². The number of nitrogen functional groups attached to an aromatic ring is 1. The Morgan fingerprint density at radius 2 is 2.06 bits per heavy atom. The minimum Gasteiger partial charge on any atom is -0.489 e. The van der Waals surface area contributed by atoms with Gasteiger partial charge in [0, 0.05) is 32.1 Å². The maximum Gasteiger partial charge on any atom is 0.345 e. The summed E-state index contributed by atoms with van der Waals surface area (Å²) in [6, 6.07) is 5.54. The monoisotopic (exact) mass is 456 g/mol. The third-order valence-electron chi connectivity index (χ3n) is 6.21. The summed E-state index contributed by atoms with van der Waals surface area (Å²) in [7, 11) is 1.40. The molecule has 4 rings (SSSR count). The fourth-order valence-corrected chi connectivity index (χ4v) is 4.50. The minimum atomic E-state index is -1.36. The molecule has 0 radical (unpaired) electrons. The average molecular weight is 456 g/mol. The van der Waals surface area contributed by atoms with Crippen LogP contribution in [0.5, 0.6) is 5.75 Å². The fraction of sp³-hybridized carbons (Fsp3) is 0.348. The Morgan fingerprint density at radius 1 is 1.33 bits per heavy atom. The van der Waals surface area contributed by atoms with E-state index < -0.39 is 23.1 Å². The van der Waals surface area contributed by atoms with Crippen molar-refractivity contribution in [3.63, 3.8) is 0 Å². The molecular formula is C23H27FN5O4+. The predicted molar refractivity (Wildman–Crippen MR) is 124 cm³/mol. The van der Waals surface area contributed by atoms with Crippen LogP contribution in [-0.2, 0) is 4.79 Å². The molecule has 0 saturated heterocycles. The number of halogens is 1. The fourth-order valence-electron chi connectivity index (χ4n) is 4.50. The highest BCUT2D eigenvalue weighted by Gasteiger charge is 2.54. The van der Waals surface area contributed by atoms with Gasteiger partial charge in [0.05, 0.1) is 25.4 Å². The topological polar surface area (TPSA) is 127 Å². The van der Waals surface area contributed by atoms with Crippen LogP contribution < -0.4 is 25.6 Å². The second-order valence-corrected chi connectivity index (χ2v) is 8.08. The number of methoxy groups -OCH3 is 1. The molecule has 0 bridgehead atoms. The lowest BCUT2D eigenvalue weighted by Gasteiger charge is -2.39. The van der Waals surface area contributed by atoms with Crippen LogP contribution in [0.3, 0.4) is 0 Å². The summed E-state index contributed by atoms with van der Waals surface area (Å²) in [5, 5.41) is 15.8. The molecule has 1 atom stereocenters. The number of quaternary nitrogens is 1. The van der Waals surface area contributed by atoms with Crippen LogP contribution in [0.1, 0.15) is 30.1 Å². The van der Waals surface area contributed by atoms with Gasteiger partial charge in [-0.25, -0.2) is 14.2 Å². The lowest BCUT2D eigenvalue weighted by molar-refractivity contribution is -0.132. The van der Waals surface area contributed by atoms with Gasteiger partial charge in [0.15, 0.2) is 17.1 Å². The number of nitrogens with one attached hydrogen (secondary N) is 2. The van der Waals surface area contributed by atoms with Crippen LogP contribution in [0.2, 0.25) is 0 Å². The standard InChI is InChI=1S/C23H26FN5O4/c1-3-29(13-7-8-13)12-14(23(31)32)21(30)16-18(25)17(24)19(22(33-2)20(16)29)28-11-10-27-15-6-4-5-9-26-15/h4-6,9,12-13H,3,7-8,10-11H2,1-2H3,(H4-,25,26,27,28,30,31,32)/p+1. The Hall–Kier alpha value is -3.66. The molecule has 1 aromatic heterocycles. The largest absolute Gasteiger partial charge is 0.489 e. The highest BCUT2D eigenvalue weighted by atomic mass is 19.1. The number of rotatable bonds is 9. The molecule has 0 spiro atoms. The van der Waals surface area contributed by atoms with Gasteiger partial charge in [-0.2, -0.15) is 0 Å². The molecule has 1 saturated carbocycles. The van der Waals surface area contributed by atoms with E-state index in [1.54, 1.807) is 6.20 Å². The van der Waals surface area contributed by atoms with Gasteiger partial charge in [-0.1, -0.05) is 6.07 Å². The molecule has 9 nitrogen and oxygen atoms in total. The molecule has 1 unspecified atom stereocenters. The maximum atomic E-state index is 15.4. The number of benzene rings is 1. The van der Waals surface area contributed by atoms with E-state index in [0.29, 0.717) is 31.1 Å². The Bertz CT molecular complexity index is 1130. The van der Waals surface area contributed by atoms with Gasteiger partial charge in [0.1, 0.15) is 23.3 Å². The molecule has 33 heavy (non-hydrogen) atoms. The van der Waals surface area contributed by atoms with Crippen LogP contribution in [0.25, 0.3) is 0 Å². The Kier molecular flexibility index (Phi) is 5.94. The van der Waals surface area contributed by atoms with Crippen LogP contribution in [0.4, 0.5) is 27.3 Å². The number of carboxylic acids is 1. The van der Waals surface area contributed by atoms with Crippen molar-refractivity contribution < 1.29 is 23.8 Å². The van der Waals surface area contributed by atoms with Gasteiger partial charge in [-0.3, -0.25) is 9.28 Å². The van der Waals surface area contributed by atoms with E-state index in [1.165, 1.54) is 13.3 Å². The van der Waals surface area contributed by atoms with E-state index in [2.05, 4.69) is 15.6 Å². The summed E-state index contributed by atoms with van der Waals surface area (Å²) in [5.41, 5.74) is 5.68. The van der Waals surface area contributed by atoms with E-state index in [9.17, 15) is 14.7 Å². The summed E-state index contributed by atoms with van der Waals surface area (Å²) in [6.07, 6.45) is 4.83. The summed E-state index contributed by atoms with van der Waals surface area (Å²) in [4.78, 5) is 29.1. The zero-order valence-electron chi connectivity index (χ0n) is 18.5.